The number of carboxylic acids is 1. The maximum Gasteiger partial charge on any atom is 0.358 e. The number of amidine groups is 1. The lowest BCUT2D eigenvalue weighted by molar-refractivity contribution is 0.0684. The Morgan fingerprint density at radius 1 is 0.518 bits per heavy atom. The number of oxime groups is 1. The van der Waals surface area contributed by atoms with Crippen LogP contribution < -0.4 is 28.0 Å². The fourth-order valence-electron chi connectivity index (χ4n) is 9.96. The van der Waals surface area contributed by atoms with Crippen LogP contribution in [0.5, 0.6) is 0 Å². The molecule has 3 fully saturated rings. The molecule has 32 nitrogen and oxygen atoms in total. The lowest BCUT2D eigenvalue weighted by Gasteiger charge is -2.38. The largest absolute Gasteiger partial charge is 0.476 e. The van der Waals surface area contributed by atoms with Gasteiger partial charge in [0.2, 0.25) is 17.7 Å². The Balaban J connectivity index is 0.000000243. The number of nitriles is 2. The Morgan fingerprint density at radius 2 is 0.821 bits per heavy atom. The van der Waals surface area contributed by atoms with Crippen molar-refractivity contribution in [3.63, 3.8) is 0 Å². The zero-order valence-corrected chi connectivity index (χ0v) is 69.4. The summed E-state index contributed by atoms with van der Waals surface area (Å²) in [4.78, 5) is 48.4. The van der Waals surface area contributed by atoms with Crippen molar-refractivity contribution in [2.24, 2.45) is 22.5 Å². The van der Waals surface area contributed by atoms with Gasteiger partial charge in [0.25, 0.3) is 11.8 Å². The highest BCUT2D eigenvalue weighted by molar-refractivity contribution is 6.74. The second-order valence-electron chi connectivity index (χ2n) is 31.2. The van der Waals surface area contributed by atoms with E-state index in [-0.39, 0.29) is 92.8 Å². The summed E-state index contributed by atoms with van der Waals surface area (Å²) < 4.78 is 42.8. The highest BCUT2D eigenvalue weighted by Crippen LogP contribution is 2.41. The van der Waals surface area contributed by atoms with Gasteiger partial charge in [0.05, 0.1) is 12.1 Å². The first-order chi connectivity index (χ1) is 52.7. The van der Waals surface area contributed by atoms with Gasteiger partial charge in [-0.3, -0.25) is 9.59 Å². The van der Waals surface area contributed by atoms with Crippen LogP contribution in [-0.2, 0) is 8.85 Å². The van der Waals surface area contributed by atoms with Crippen LogP contribution in [0.2, 0.25) is 36.3 Å². The van der Waals surface area contributed by atoms with Crippen molar-refractivity contribution in [3.05, 3.63) is 161 Å². The molecule has 0 aliphatic heterocycles. The molecule has 9 aromatic rings. The Labute approximate surface area is 655 Å². The molecule has 0 radical (unpaired) electrons. The van der Waals surface area contributed by atoms with E-state index in [9.17, 15) is 14.4 Å². The number of nitrogens with one attached hydrogen (secondary N) is 2. The van der Waals surface area contributed by atoms with Crippen LogP contribution in [0.1, 0.15) is 244 Å². The number of hydrogen-bond donors (Lipinski definition) is 9. The Bertz CT molecular complexity index is 4270. The number of benzene rings is 3. The third-order valence-corrected chi connectivity index (χ3v) is 28.0. The standard InChI is InChI=1S/2C19H20N4O3.C10H7NO3.C9H15N3O.C9H22N2O2Si.C9H19NOSi.C3H5NO.H3NO/c2*1-11(2)17-21-19(26-23-17)13-8-14(9-13)20-18(24)15-10-16(25-22-15)12-6-4-3-5-7-12;12-10(13)8-6-9(14-11-8)7-4-2-1-3-5-7;1-5(2)8-11-9(13-12-8)6-3-7(10)4-6;1-7(8(10)11-12)13-14(5,6)9(2,3)4;1-8(7-10)11-12(5,6)9(2,3)4;1-3(5)2-4;1-2/h2*3-7,10-11,13-14H,8-9H2,1-2H3,(H,20,24);1-6H,(H,12,13);5-7H,3-4,10H2,1-2H3;7,12H,1-6H3,(H2,10,11);8H,1-6H3;3,5H,1H3;2H,1H2. The van der Waals surface area contributed by atoms with E-state index in [1.54, 1.807) is 32.0 Å². The summed E-state index contributed by atoms with van der Waals surface area (Å²) in [5.74, 6) is 9.70. The van der Waals surface area contributed by atoms with Crippen LogP contribution in [0.15, 0.2) is 141 Å². The van der Waals surface area contributed by atoms with E-state index >= 15 is 0 Å². The van der Waals surface area contributed by atoms with E-state index in [0.29, 0.717) is 46.9 Å². The molecule has 12 rings (SSSR count). The highest BCUT2D eigenvalue weighted by atomic mass is 28.4. The van der Waals surface area contributed by atoms with Gasteiger partial charge in [-0.15, -0.1) is 0 Å². The van der Waals surface area contributed by atoms with Crippen molar-refractivity contribution in [2.75, 3.05) is 0 Å². The topological polar surface area (TPSA) is 507 Å². The molecule has 6 aromatic heterocycles. The number of carbonyl (C=O) groups is 3. The molecule has 3 aromatic carbocycles. The monoisotopic (exact) mass is 1580 g/mol. The van der Waals surface area contributed by atoms with Gasteiger partial charge in [-0.1, -0.05) is 210 Å². The fraction of sp³-hybridized carbons (Fsp3) is 0.500. The molecule has 3 aliphatic rings. The zero-order valence-electron chi connectivity index (χ0n) is 67.4. The molecule has 12 N–H and O–H groups in total. The van der Waals surface area contributed by atoms with Gasteiger partial charge < -0.3 is 78.7 Å². The Hall–Kier alpha value is -10.4. The van der Waals surface area contributed by atoms with Gasteiger partial charge >= 0.3 is 5.97 Å². The third-order valence-electron chi connectivity index (χ3n) is 18.9. The maximum atomic E-state index is 12.3. The normalized spacial score (nSPS) is 17.8. The number of aromatic nitrogens is 9. The fourth-order valence-corrected chi connectivity index (χ4v) is 12.6. The summed E-state index contributed by atoms with van der Waals surface area (Å²) in [7, 11) is -3.53. The van der Waals surface area contributed by atoms with Crippen molar-refractivity contribution in [2.45, 2.75) is 251 Å². The van der Waals surface area contributed by atoms with Gasteiger partial charge in [-0.2, -0.15) is 25.5 Å². The summed E-state index contributed by atoms with van der Waals surface area (Å²) >= 11 is 0. The molecule has 0 spiro atoms. The van der Waals surface area contributed by atoms with Crippen molar-refractivity contribution in [3.8, 4) is 46.1 Å². The number of carbonyl (C=O) groups excluding carboxylic acids is 2. The van der Waals surface area contributed by atoms with Crippen LogP contribution in [-0.4, -0.2) is 143 Å². The third kappa shape index (κ3) is 28.1. The summed E-state index contributed by atoms with van der Waals surface area (Å²) in [6.45, 7) is 38.8. The number of aliphatic hydroxyl groups is 1. The molecule has 3 saturated carbocycles. The van der Waals surface area contributed by atoms with Crippen molar-refractivity contribution in [1.29, 1.82) is 10.5 Å². The van der Waals surface area contributed by atoms with E-state index in [4.69, 9.17) is 78.6 Å². The number of nitrogens with two attached hydrogens (primary N) is 3. The molecule has 3 atom stereocenters. The number of hydrogen-bond acceptors (Lipinski definition) is 28. The molecular weight excluding hydrogens is 1470 g/mol. The number of aromatic carboxylic acids is 1. The van der Waals surface area contributed by atoms with Crippen LogP contribution >= 0.6 is 0 Å². The van der Waals surface area contributed by atoms with Crippen molar-refractivity contribution in [1.82, 2.24) is 56.5 Å². The van der Waals surface area contributed by atoms with E-state index in [0.717, 1.165) is 78.6 Å². The number of rotatable bonds is 19. The predicted molar refractivity (Wildman–Crippen MR) is 422 cm³/mol. The van der Waals surface area contributed by atoms with Gasteiger partial charge in [0, 0.05) is 88.5 Å². The Morgan fingerprint density at radius 3 is 1.08 bits per heavy atom. The SMILES string of the molecule is CC(C#N)O[Si](C)(C)C(C)(C)C.CC(C)c1noc(C2CC(N)C2)n1.CC(C)c1noc(C2CC(NC(=O)c3cc(-c4ccccc4)on3)C2)n1.CC(C)c1noc(C2CC(NC(=O)c3cc(-c4ccccc4)on3)C2)n1.CC(O)C#N.CC(O[Si](C)(C)C(C)(C)C)/C(N)=N\O.NO.O=C(O)c1cc(-c2ccccc2)on1. The zero-order chi connectivity index (χ0) is 83.4. The molecule has 606 valence electrons. The minimum Gasteiger partial charge on any atom is -0.476 e. The van der Waals surface area contributed by atoms with E-state index < -0.39 is 28.7 Å². The first-order valence-corrected chi connectivity index (χ1v) is 42.8. The quantitative estimate of drug-likeness (QED) is 0.00906. The van der Waals surface area contributed by atoms with Crippen molar-refractivity contribution >= 4 is 40.3 Å². The molecule has 0 saturated heterocycles. The van der Waals surface area contributed by atoms with Crippen LogP contribution in [0, 0.1) is 22.7 Å². The van der Waals surface area contributed by atoms with Gasteiger partial charge in [0.15, 0.2) is 74.3 Å². The molecule has 34 heteroatoms. The number of aliphatic hydroxyl groups excluding tert-OH is 1. The molecule has 0 bridgehead atoms. The highest BCUT2D eigenvalue weighted by Gasteiger charge is 2.41. The van der Waals surface area contributed by atoms with Crippen LogP contribution in [0.25, 0.3) is 34.0 Å². The van der Waals surface area contributed by atoms with E-state index in [1.165, 1.54) is 13.0 Å². The second kappa shape index (κ2) is 42.8. The maximum absolute atomic E-state index is 12.3. The molecule has 2 amide bonds. The van der Waals surface area contributed by atoms with Gasteiger partial charge in [-0.05, 0) is 95.6 Å². The lowest BCUT2D eigenvalue weighted by Crippen LogP contribution is -2.46. The molecular formula is C78H111N17O15Si2. The smallest absolute Gasteiger partial charge is 0.358 e. The first-order valence-electron chi connectivity index (χ1n) is 37.0. The lowest BCUT2D eigenvalue weighted by atomic mass is 9.80. The van der Waals surface area contributed by atoms with Crippen LogP contribution in [0.4, 0.5) is 0 Å². The second-order valence-corrected chi connectivity index (χ2v) is 40.7. The van der Waals surface area contributed by atoms with Gasteiger partial charge in [0.1, 0.15) is 18.3 Å². The molecule has 3 aliphatic carbocycles. The molecule has 6 heterocycles. The van der Waals surface area contributed by atoms with E-state index in [1.807, 2.05) is 119 Å². The minimum atomic E-state index is -1.82. The average molecular weight is 1580 g/mol. The number of amides is 2. The average Bonchev–Trinajstić information content (AvgIpc) is 1.61. The molecule has 3 unspecified atom stereocenters. The van der Waals surface area contributed by atoms with Gasteiger partial charge in [-0.25, -0.2) is 10.7 Å². The first kappa shape index (κ1) is 92.2. The summed E-state index contributed by atoms with van der Waals surface area (Å²) in [6.07, 6.45) is 3.72. The Kier molecular flexibility index (Phi) is 35.2. The van der Waals surface area contributed by atoms with E-state index in [2.05, 4.69) is 155 Å². The number of carboxylic acid groups (broad SMARTS) is 1. The van der Waals surface area contributed by atoms with Crippen LogP contribution in [0.3, 0.4) is 0 Å². The summed E-state index contributed by atoms with van der Waals surface area (Å²) in [6, 6.07) is 37.3. The minimum absolute atomic E-state index is 0.0798. The van der Waals surface area contributed by atoms with Crippen molar-refractivity contribution < 1.29 is 71.0 Å². The summed E-state index contributed by atoms with van der Waals surface area (Å²) in [5, 5.41) is 80.2. The number of nitrogens with zero attached hydrogens (tertiary/aromatic N) is 12. The summed E-state index contributed by atoms with van der Waals surface area (Å²) in [5.41, 5.74) is 14.2. The predicted octanol–water partition coefficient (Wildman–Crippen LogP) is 14.8. The molecule has 112 heavy (non-hydrogen) atoms.